The van der Waals surface area contributed by atoms with Crippen molar-refractivity contribution >= 4 is 57.9 Å². The van der Waals surface area contributed by atoms with Gasteiger partial charge >= 0.3 is 10.8 Å². The Labute approximate surface area is 195 Å². The summed E-state index contributed by atoms with van der Waals surface area (Å²) in [5.41, 5.74) is 0.537. The maximum atomic E-state index is 13.6. The monoisotopic (exact) mass is 486 g/mol. The summed E-state index contributed by atoms with van der Waals surface area (Å²) >= 11 is 3.73. The number of carbonyl (C=O) groups is 3. The lowest BCUT2D eigenvalue weighted by Crippen LogP contribution is -2.32. The van der Waals surface area contributed by atoms with Gasteiger partial charge in [-0.2, -0.15) is 0 Å². The molecule has 164 valence electrons. The molecule has 5 rings (SSSR count). The molecule has 3 atom stereocenters. The van der Waals surface area contributed by atoms with Crippen molar-refractivity contribution in [1.29, 1.82) is 0 Å². The number of aromatic nitrogens is 1. The molecule has 2 aliphatic heterocycles. The number of rotatable bonds is 5. The Balaban J connectivity index is 1.63. The normalized spacial score (nSPS) is 22.0. The van der Waals surface area contributed by atoms with Gasteiger partial charge in [0.05, 0.1) is 23.2 Å². The second-order valence-electron chi connectivity index (χ2n) is 7.33. The van der Waals surface area contributed by atoms with Gasteiger partial charge in [0, 0.05) is 15.7 Å². The number of anilines is 1. The minimum Gasteiger partial charge on any atom is -0.465 e. The Bertz CT molecular complexity index is 1250. The molecule has 2 aromatic heterocycles. The van der Waals surface area contributed by atoms with Crippen LogP contribution in [-0.4, -0.2) is 34.2 Å². The van der Waals surface area contributed by atoms with Gasteiger partial charge in [-0.25, -0.2) is 4.90 Å². The van der Waals surface area contributed by atoms with E-state index in [1.807, 2.05) is 23.6 Å². The Hall–Kier alpha value is -2.69. The molecule has 3 aromatic rings. The minimum absolute atomic E-state index is 0.217. The highest BCUT2D eigenvalue weighted by atomic mass is 32.2. The summed E-state index contributed by atoms with van der Waals surface area (Å²) in [7, 11) is 0. The van der Waals surface area contributed by atoms with E-state index in [0.717, 1.165) is 21.1 Å². The summed E-state index contributed by atoms with van der Waals surface area (Å²) in [6.45, 7) is 1.70. The molecule has 2 unspecified atom stereocenters. The third-order valence-electron chi connectivity index (χ3n) is 5.51. The van der Waals surface area contributed by atoms with Crippen molar-refractivity contribution in [2.24, 2.45) is 5.92 Å². The van der Waals surface area contributed by atoms with Crippen molar-refractivity contribution in [3.05, 3.63) is 67.3 Å². The zero-order valence-corrected chi connectivity index (χ0v) is 19.4. The molecule has 0 spiro atoms. The second-order valence-corrected chi connectivity index (χ2v) is 10.4. The average Bonchev–Trinajstić information content (AvgIpc) is 3.47. The number of nitrogens with zero attached hydrogens (tertiary/aromatic N) is 2. The van der Waals surface area contributed by atoms with Gasteiger partial charge in [-0.15, -0.1) is 11.3 Å². The van der Waals surface area contributed by atoms with Gasteiger partial charge in [-0.1, -0.05) is 47.4 Å². The van der Waals surface area contributed by atoms with Crippen LogP contribution in [0.2, 0.25) is 0 Å². The molecule has 1 saturated heterocycles. The molecule has 10 heteroatoms. The lowest BCUT2D eigenvalue weighted by atomic mass is 9.87. The largest absolute Gasteiger partial charge is 0.465 e. The second kappa shape index (κ2) is 8.34. The summed E-state index contributed by atoms with van der Waals surface area (Å²) in [6.07, 6.45) is 0. The third-order valence-corrected chi connectivity index (χ3v) is 9.07. The first-order valence-electron chi connectivity index (χ1n) is 10.0. The number of carbonyl (C=O) groups excluding carboxylic acids is 3. The molecule has 1 aromatic carbocycles. The van der Waals surface area contributed by atoms with Crippen LogP contribution in [0.4, 0.5) is 5.69 Å². The van der Waals surface area contributed by atoms with Gasteiger partial charge in [0.1, 0.15) is 11.8 Å². The summed E-state index contributed by atoms with van der Waals surface area (Å²) in [5.74, 6) is -2.11. The zero-order chi connectivity index (χ0) is 22.4. The fraction of sp³-hybridized carbons (Fsp3) is 0.273. The average molecular weight is 487 g/mol. The maximum Gasteiger partial charge on any atom is 0.326 e. The molecule has 0 radical (unpaired) electrons. The van der Waals surface area contributed by atoms with Crippen LogP contribution in [0.25, 0.3) is 0 Å². The molecule has 0 aliphatic carbocycles. The van der Waals surface area contributed by atoms with E-state index < -0.39 is 23.1 Å². The molecule has 0 saturated carbocycles. The summed E-state index contributed by atoms with van der Waals surface area (Å²) < 4.78 is 6.41. The molecule has 2 amide bonds. The smallest absolute Gasteiger partial charge is 0.326 e. The first-order valence-corrected chi connectivity index (χ1v) is 12.6. The number of amides is 2. The van der Waals surface area contributed by atoms with E-state index in [9.17, 15) is 19.2 Å². The fourth-order valence-corrected chi connectivity index (χ4v) is 7.92. The first-order chi connectivity index (χ1) is 15.5. The number of thiophene rings is 1. The van der Waals surface area contributed by atoms with E-state index in [1.165, 1.54) is 32.6 Å². The first kappa shape index (κ1) is 21.2. The number of fused-ring (bicyclic) bond motifs is 2. The highest BCUT2D eigenvalue weighted by Gasteiger charge is 2.57. The number of para-hydroxylation sites is 1. The molecular formula is C22H18N2O5S3. The van der Waals surface area contributed by atoms with Crippen LogP contribution in [0.5, 0.6) is 0 Å². The summed E-state index contributed by atoms with van der Waals surface area (Å²) in [5, 5.41) is 1.81. The van der Waals surface area contributed by atoms with Gasteiger partial charge < -0.3 is 4.74 Å². The van der Waals surface area contributed by atoms with Crippen molar-refractivity contribution in [3.8, 4) is 0 Å². The third kappa shape index (κ3) is 3.33. The molecular weight excluding hydrogens is 468 g/mol. The van der Waals surface area contributed by atoms with Crippen molar-refractivity contribution in [2.75, 3.05) is 11.5 Å². The van der Waals surface area contributed by atoms with Gasteiger partial charge in [0.2, 0.25) is 11.8 Å². The summed E-state index contributed by atoms with van der Waals surface area (Å²) in [6, 6.07) is 12.7. The lowest BCUT2D eigenvalue weighted by molar-refractivity contribution is -0.144. The van der Waals surface area contributed by atoms with Crippen molar-refractivity contribution in [3.63, 3.8) is 0 Å². The van der Waals surface area contributed by atoms with Gasteiger partial charge in [-0.05, 0) is 30.5 Å². The molecule has 4 heterocycles. The Kier molecular flexibility index (Phi) is 5.52. The quantitative estimate of drug-likeness (QED) is 0.406. The van der Waals surface area contributed by atoms with Crippen LogP contribution in [0.3, 0.4) is 0 Å². The topological polar surface area (TPSA) is 85.7 Å². The fourth-order valence-electron chi connectivity index (χ4n) is 4.20. The number of imide groups is 1. The molecule has 1 fully saturated rings. The zero-order valence-electron chi connectivity index (χ0n) is 16.9. The maximum absolute atomic E-state index is 13.6. The Morgan fingerprint density at radius 2 is 1.84 bits per heavy atom. The lowest BCUT2D eigenvalue weighted by Gasteiger charge is -2.29. The number of hydrogen-bond donors (Lipinski definition) is 0. The van der Waals surface area contributed by atoms with Crippen molar-refractivity contribution in [2.45, 2.75) is 29.7 Å². The predicted octanol–water partition coefficient (Wildman–Crippen LogP) is 3.33. The van der Waals surface area contributed by atoms with E-state index in [2.05, 4.69) is 0 Å². The van der Waals surface area contributed by atoms with Crippen LogP contribution in [0.1, 0.15) is 22.6 Å². The highest BCUT2D eigenvalue weighted by Crippen LogP contribution is 2.54. The van der Waals surface area contributed by atoms with Crippen LogP contribution in [0.15, 0.2) is 57.7 Å². The standard InChI is InChI=1S/C22H18N2O5S3/c1-2-29-14(25)11-23-21-18(32-22(23)28)15(13-9-6-10-30-13)16-17(31-21)20(27)24(19(16)26)12-7-4-3-5-8-12/h3-10,15-17H,2,11H2,1H3/t15-,16?,17?/m1/s1. The number of esters is 1. The number of thioether (sulfide) groups is 1. The van der Waals surface area contributed by atoms with E-state index in [0.29, 0.717) is 10.7 Å². The van der Waals surface area contributed by atoms with Crippen LogP contribution in [0, 0.1) is 5.92 Å². The SMILES string of the molecule is CCOC(=O)Cn1c2c(sc1=O)[C@H](c1cccs1)C1C(=O)N(c3ccccc3)C(=O)C1S2. The molecule has 7 nitrogen and oxygen atoms in total. The molecule has 2 aliphatic rings. The number of thiazole rings is 1. The number of ether oxygens (including phenoxy) is 1. The highest BCUT2D eigenvalue weighted by molar-refractivity contribution is 8.00. The molecule has 0 N–H and O–H groups in total. The van der Waals surface area contributed by atoms with Gasteiger partial charge in [0.15, 0.2) is 0 Å². The molecule has 0 bridgehead atoms. The van der Waals surface area contributed by atoms with E-state index in [-0.39, 0.29) is 29.8 Å². The van der Waals surface area contributed by atoms with Crippen molar-refractivity contribution < 1.29 is 19.1 Å². The minimum atomic E-state index is -0.676. The van der Waals surface area contributed by atoms with Crippen molar-refractivity contribution in [1.82, 2.24) is 4.57 Å². The van der Waals surface area contributed by atoms with Crippen LogP contribution < -0.4 is 9.77 Å². The Morgan fingerprint density at radius 3 is 2.53 bits per heavy atom. The van der Waals surface area contributed by atoms with Gasteiger partial charge in [0.25, 0.3) is 0 Å². The number of hydrogen-bond acceptors (Lipinski definition) is 8. The summed E-state index contributed by atoms with van der Waals surface area (Å²) in [4.78, 5) is 54.5. The molecule has 32 heavy (non-hydrogen) atoms. The number of benzene rings is 1. The predicted molar refractivity (Wildman–Crippen MR) is 123 cm³/mol. The van der Waals surface area contributed by atoms with E-state index in [1.54, 1.807) is 31.2 Å². The van der Waals surface area contributed by atoms with E-state index >= 15 is 0 Å². The van der Waals surface area contributed by atoms with Gasteiger partial charge in [-0.3, -0.25) is 23.7 Å². The van der Waals surface area contributed by atoms with E-state index in [4.69, 9.17) is 4.74 Å². The Morgan fingerprint density at radius 1 is 1.06 bits per heavy atom. The van der Waals surface area contributed by atoms with Crippen LogP contribution >= 0.6 is 34.4 Å². The van der Waals surface area contributed by atoms with Crippen LogP contribution in [-0.2, 0) is 25.7 Å².